The van der Waals surface area contributed by atoms with Crippen molar-refractivity contribution in [3.8, 4) is 0 Å². The number of carbonyl (C=O) groups is 3. The second kappa shape index (κ2) is 5.51. The predicted octanol–water partition coefficient (Wildman–Crippen LogP) is 0.840. The molecular formula is C22H19FN3O3+. The first-order chi connectivity index (χ1) is 14.0. The number of nitrogens with zero attached hydrogens (tertiary/aromatic N) is 1. The third-order valence-corrected chi connectivity index (χ3v) is 7.19. The van der Waals surface area contributed by atoms with Gasteiger partial charge in [0.05, 0.1) is 17.9 Å². The molecule has 6 rings (SSSR count). The Kier molecular flexibility index (Phi) is 3.20. The van der Waals surface area contributed by atoms with Crippen LogP contribution in [0.4, 0.5) is 15.8 Å². The summed E-state index contributed by atoms with van der Waals surface area (Å²) in [5.74, 6) is -2.78. The molecule has 0 aromatic heterocycles. The van der Waals surface area contributed by atoms with Crippen molar-refractivity contribution >= 4 is 29.1 Å². The number of para-hydroxylation sites is 1. The molecule has 3 amide bonds. The maximum Gasteiger partial charge on any atom is 0.291 e. The quantitative estimate of drug-likeness (QED) is 0.707. The molecule has 4 heterocycles. The van der Waals surface area contributed by atoms with E-state index in [-0.39, 0.29) is 23.5 Å². The summed E-state index contributed by atoms with van der Waals surface area (Å²) in [7, 11) is 0. The number of carbonyl (C=O) groups excluding carboxylic acids is 3. The second-order valence-corrected chi connectivity index (χ2v) is 8.33. The van der Waals surface area contributed by atoms with Crippen molar-refractivity contribution < 1.29 is 23.7 Å². The fourth-order valence-corrected chi connectivity index (χ4v) is 6.29. The molecule has 2 aromatic carbocycles. The van der Waals surface area contributed by atoms with Crippen LogP contribution in [0, 0.1) is 17.7 Å². The summed E-state index contributed by atoms with van der Waals surface area (Å²) in [6, 6.07) is 12.9. The molecule has 1 unspecified atom stereocenters. The maximum absolute atomic E-state index is 13.8. The van der Waals surface area contributed by atoms with Gasteiger partial charge in [0.2, 0.25) is 17.4 Å². The number of hydrogen-bond donors (Lipinski definition) is 2. The van der Waals surface area contributed by atoms with E-state index in [9.17, 15) is 18.8 Å². The summed E-state index contributed by atoms with van der Waals surface area (Å²) in [4.78, 5) is 42.6. The third-order valence-electron chi connectivity index (χ3n) is 7.19. The van der Waals surface area contributed by atoms with E-state index in [2.05, 4.69) is 5.32 Å². The number of rotatable bonds is 1. The standard InChI is InChI=1S/C22H18FN3O3/c23-12-5-3-6-13(11-12)26-19(27)17-16-9-4-10-25(16)22(18(17)20(26)28)14-7-1-2-8-15(14)24-21(22)29/h1-3,5-8,11,16-18H,4,9-10H2,(H,24,29)/p+1/t16-,17-,18+,22+/m1/s1. The molecule has 146 valence electrons. The number of imide groups is 1. The zero-order valence-corrected chi connectivity index (χ0v) is 15.5. The van der Waals surface area contributed by atoms with Crippen LogP contribution in [0.2, 0.25) is 0 Å². The van der Waals surface area contributed by atoms with E-state index < -0.39 is 29.1 Å². The normalized spacial score (nSPS) is 34.5. The number of halogens is 1. The molecule has 4 aliphatic heterocycles. The van der Waals surface area contributed by atoms with Crippen molar-refractivity contribution in [2.24, 2.45) is 11.8 Å². The summed E-state index contributed by atoms with van der Waals surface area (Å²) in [6.45, 7) is 0.750. The minimum Gasteiger partial charge on any atom is -0.320 e. The van der Waals surface area contributed by atoms with Crippen LogP contribution < -0.4 is 15.1 Å². The first-order valence-electron chi connectivity index (χ1n) is 9.95. The highest BCUT2D eigenvalue weighted by atomic mass is 19.1. The van der Waals surface area contributed by atoms with E-state index in [1.807, 2.05) is 24.3 Å². The number of fused-ring (bicyclic) bond motifs is 7. The van der Waals surface area contributed by atoms with Crippen LogP contribution in [0.25, 0.3) is 0 Å². The van der Waals surface area contributed by atoms with Gasteiger partial charge in [0.1, 0.15) is 23.7 Å². The van der Waals surface area contributed by atoms with Crippen LogP contribution in [0.5, 0.6) is 0 Å². The molecule has 29 heavy (non-hydrogen) atoms. The lowest BCUT2D eigenvalue weighted by molar-refractivity contribution is -0.948. The van der Waals surface area contributed by atoms with Crippen LogP contribution in [0.15, 0.2) is 48.5 Å². The number of nitrogens with one attached hydrogen (secondary N) is 2. The number of quaternary nitrogens is 1. The van der Waals surface area contributed by atoms with E-state index in [1.165, 1.54) is 18.2 Å². The molecule has 6 nitrogen and oxygen atoms in total. The van der Waals surface area contributed by atoms with Gasteiger partial charge in [0.15, 0.2) is 0 Å². The van der Waals surface area contributed by atoms with Gasteiger partial charge in [-0.15, -0.1) is 0 Å². The van der Waals surface area contributed by atoms with Gasteiger partial charge in [0, 0.05) is 18.4 Å². The Morgan fingerprint density at radius 1 is 1.07 bits per heavy atom. The van der Waals surface area contributed by atoms with Gasteiger partial charge < -0.3 is 10.2 Å². The summed E-state index contributed by atoms with van der Waals surface area (Å²) in [5, 5.41) is 2.95. The summed E-state index contributed by atoms with van der Waals surface area (Å²) >= 11 is 0. The van der Waals surface area contributed by atoms with Gasteiger partial charge in [0.25, 0.3) is 5.91 Å². The zero-order valence-electron chi connectivity index (χ0n) is 15.5. The average molecular weight is 392 g/mol. The van der Waals surface area contributed by atoms with Gasteiger partial charge in [-0.05, 0) is 24.3 Å². The van der Waals surface area contributed by atoms with Gasteiger partial charge in [-0.25, -0.2) is 9.29 Å². The monoisotopic (exact) mass is 392 g/mol. The fraction of sp³-hybridized carbons (Fsp3) is 0.318. The Morgan fingerprint density at radius 3 is 2.72 bits per heavy atom. The Bertz CT molecular complexity index is 1100. The highest BCUT2D eigenvalue weighted by Crippen LogP contribution is 2.52. The number of hydrogen-bond acceptors (Lipinski definition) is 3. The summed E-state index contributed by atoms with van der Waals surface area (Å²) in [6.07, 6.45) is 1.70. The molecule has 1 spiro atoms. The topological polar surface area (TPSA) is 70.9 Å². The Labute approximate surface area is 166 Å². The Morgan fingerprint density at radius 2 is 1.90 bits per heavy atom. The van der Waals surface area contributed by atoms with Crippen molar-refractivity contribution in [3.05, 3.63) is 59.9 Å². The molecule has 0 aliphatic carbocycles. The lowest BCUT2D eigenvalue weighted by Gasteiger charge is -2.33. The minimum atomic E-state index is -1.10. The lowest BCUT2D eigenvalue weighted by atomic mass is 9.75. The van der Waals surface area contributed by atoms with Crippen LogP contribution in [0.1, 0.15) is 18.4 Å². The van der Waals surface area contributed by atoms with Gasteiger partial charge >= 0.3 is 0 Å². The molecule has 5 atom stereocenters. The second-order valence-electron chi connectivity index (χ2n) is 8.33. The third kappa shape index (κ3) is 1.86. The molecule has 0 radical (unpaired) electrons. The zero-order chi connectivity index (χ0) is 19.9. The van der Waals surface area contributed by atoms with Gasteiger partial charge in [-0.1, -0.05) is 24.3 Å². The number of anilines is 2. The predicted molar refractivity (Wildman–Crippen MR) is 101 cm³/mol. The summed E-state index contributed by atoms with van der Waals surface area (Å²) in [5.41, 5.74) is 0.634. The highest BCUT2D eigenvalue weighted by molar-refractivity contribution is 6.25. The molecule has 3 saturated heterocycles. The maximum atomic E-state index is 13.8. The van der Waals surface area contributed by atoms with Gasteiger partial charge in [-0.2, -0.15) is 0 Å². The van der Waals surface area contributed by atoms with Crippen molar-refractivity contribution in [2.75, 3.05) is 16.8 Å². The van der Waals surface area contributed by atoms with E-state index in [0.717, 1.165) is 34.7 Å². The Balaban J connectivity index is 1.56. The van der Waals surface area contributed by atoms with E-state index in [0.29, 0.717) is 5.69 Å². The van der Waals surface area contributed by atoms with Crippen molar-refractivity contribution in [1.82, 2.24) is 0 Å². The average Bonchev–Trinajstić information content (AvgIpc) is 3.40. The number of amides is 3. The van der Waals surface area contributed by atoms with E-state index in [1.54, 1.807) is 6.07 Å². The number of benzene rings is 2. The fourth-order valence-electron chi connectivity index (χ4n) is 6.29. The molecule has 0 saturated carbocycles. The molecular weight excluding hydrogens is 373 g/mol. The SMILES string of the molecule is O=C1[C@@H]2[C@H]3CCC[NH+]3[C@]3(C(=O)Nc4ccccc43)[C@@H]2C(=O)N1c1cccc(F)c1. The smallest absolute Gasteiger partial charge is 0.291 e. The van der Waals surface area contributed by atoms with Crippen LogP contribution in [-0.4, -0.2) is 30.3 Å². The Hall–Kier alpha value is -3.06. The first kappa shape index (κ1) is 16.9. The minimum absolute atomic E-state index is 0.0908. The van der Waals surface area contributed by atoms with Crippen molar-refractivity contribution in [3.63, 3.8) is 0 Å². The van der Waals surface area contributed by atoms with Crippen LogP contribution in [0.3, 0.4) is 0 Å². The lowest BCUT2D eigenvalue weighted by Crippen LogP contribution is -3.19. The van der Waals surface area contributed by atoms with Crippen LogP contribution in [-0.2, 0) is 19.9 Å². The molecule has 0 bridgehead atoms. The first-order valence-corrected chi connectivity index (χ1v) is 9.95. The highest BCUT2D eigenvalue weighted by Gasteiger charge is 2.78. The van der Waals surface area contributed by atoms with Crippen LogP contribution >= 0.6 is 0 Å². The molecule has 2 N–H and O–H groups in total. The molecule has 3 fully saturated rings. The van der Waals surface area contributed by atoms with Crippen molar-refractivity contribution in [2.45, 2.75) is 24.4 Å². The molecule has 4 aliphatic rings. The molecule has 2 aromatic rings. The summed E-state index contributed by atoms with van der Waals surface area (Å²) < 4.78 is 13.8. The van der Waals surface area contributed by atoms with Crippen molar-refractivity contribution in [1.29, 1.82) is 0 Å². The van der Waals surface area contributed by atoms with E-state index >= 15 is 0 Å². The molecule has 7 heteroatoms. The van der Waals surface area contributed by atoms with Gasteiger partial charge in [-0.3, -0.25) is 14.4 Å². The largest absolute Gasteiger partial charge is 0.320 e. The van der Waals surface area contributed by atoms with E-state index in [4.69, 9.17) is 0 Å².